The Kier molecular flexibility index (Phi) is 5.25. The Morgan fingerprint density at radius 1 is 1.25 bits per heavy atom. The van der Waals surface area contributed by atoms with E-state index in [0.29, 0.717) is 36.3 Å². The molecule has 5 rings (SSSR count). The van der Waals surface area contributed by atoms with Crippen molar-refractivity contribution >= 4 is 40.3 Å². The van der Waals surface area contributed by atoms with E-state index in [2.05, 4.69) is 37.0 Å². The number of aromatic nitrogens is 3. The largest absolute Gasteiger partial charge is 0.378 e. The number of carbonyl (C=O) groups is 1. The summed E-state index contributed by atoms with van der Waals surface area (Å²) in [6.45, 7) is 4.36. The first kappa shape index (κ1) is 20.1. The normalized spacial score (nSPS) is 15.9. The summed E-state index contributed by atoms with van der Waals surface area (Å²) in [5.41, 5.74) is 3.36. The van der Waals surface area contributed by atoms with E-state index in [4.69, 9.17) is 4.74 Å². The fourth-order valence-electron chi connectivity index (χ4n) is 3.78. The Balaban J connectivity index is 1.48. The van der Waals surface area contributed by atoms with E-state index in [1.807, 2.05) is 24.3 Å². The van der Waals surface area contributed by atoms with Crippen molar-refractivity contribution in [2.45, 2.75) is 25.8 Å². The maximum absolute atomic E-state index is 11.8. The summed E-state index contributed by atoms with van der Waals surface area (Å²) in [5, 5.41) is 23.4. The first-order valence-electron chi connectivity index (χ1n) is 10.7. The standard InChI is InChI=1S/C22H24N8O2/c1-14(31)25-18-10-17(4-5-19(18)29-6-8-32-9-7-29)26-20-11-21(27-16-2-3-16)30-22(28-20)15(12-23)13-24-30/h4-5,10-11,13,16,27H,2-3,6-9H2,1H3,(H,25,31)(H,26,28). The average molecular weight is 432 g/mol. The van der Waals surface area contributed by atoms with Crippen LogP contribution in [0.15, 0.2) is 30.5 Å². The number of anilines is 5. The van der Waals surface area contributed by atoms with Gasteiger partial charge in [-0.05, 0) is 31.0 Å². The fraction of sp³-hybridized carbons (Fsp3) is 0.364. The number of benzene rings is 1. The van der Waals surface area contributed by atoms with Crippen molar-refractivity contribution in [3.63, 3.8) is 0 Å². The summed E-state index contributed by atoms with van der Waals surface area (Å²) in [5.74, 6) is 1.24. The van der Waals surface area contributed by atoms with Crippen molar-refractivity contribution in [3.05, 3.63) is 36.0 Å². The zero-order valence-electron chi connectivity index (χ0n) is 17.8. The third-order valence-electron chi connectivity index (χ3n) is 5.45. The summed E-state index contributed by atoms with van der Waals surface area (Å²) < 4.78 is 7.11. The quantitative estimate of drug-likeness (QED) is 0.544. The predicted octanol–water partition coefficient (Wildman–Crippen LogP) is 2.71. The van der Waals surface area contributed by atoms with Crippen LogP contribution in [0, 0.1) is 11.3 Å². The second kappa shape index (κ2) is 8.36. The highest BCUT2D eigenvalue weighted by Crippen LogP contribution is 2.32. The number of hydrogen-bond donors (Lipinski definition) is 3. The lowest BCUT2D eigenvalue weighted by Gasteiger charge is -2.30. The summed E-state index contributed by atoms with van der Waals surface area (Å²) >= 11 is 0. The molecule has 0 spiro atoms. The molecule has 1 saturated heterocycles. The fourth-order valence-corrected chi connectivity index (χ4v) is 3.78. The van der Waals surface area contributed by atoms with Crippen LogP contribution in [0.25, 0.3) is 5.65 Å². The van der Waals surface area contributed by atoms with E-state index in [9.17, 15) is 10.1 Å². The molecule has 1 amide bonds. The lowest BCUT2D eigenvalue weighted by atomic mass is 10.2. The molecule has 1 aliphatic carbocycles. The number of morpholine rings is 1. The zero-order valence-corrected chi connectivity index (χ0v) is 17.8. The van der Waals surface area contributed by atoms with E-state index in [1.54, 1.807) is 4.52 Å². The summed E-state index contributed by atoms with van der Waals surface area (Å²) in [6.07, 6.45) is 3.75. The van der Waals surface area contributed by atoms with Crippen molar-refractivity contribution < 1.29 is 9.53 Å². The van der Waals surface area contributed by atoms with Crippen LogP contribution in [0.4, 0.5) is 28.7 Å². The molecule has 3 N–H and O–H groups in total. The molecule has 0 atom stereocenters. The molecule has 1 saturated carbocycles. The molecule has 10 heteroatoms. The number of nitriles is 1. The molecular weight excluding hydrogens is 408 g/mol. The summed E-state index contributed by atoms with van der Waals surface area (Å²) in [6, 6.07) is 10.3. The Labute approximate surface area is 185 Å². The van der Waals surface area contributed by atoms with Crippen LogP contribution in [0.5, 0.6) is 0 Å². The molecule has 2 fully saturated rings. The Bertz CT molecular complexity index is 1200. The van der Waals surface area contributed by atoms with Gasteiger partial charge in [-0.25, -0.2) is 4.98 Å². The monoisotopic (exact) mass is 432 g/mol. The number of carbonyl (C=O) groups excluding carboxylic acids is 1. The molecule has 3 heterocycles. The minimum Gasteiger partial charge on any atom is -0.378 e. The van der Waals surface area contributed by atoms with Gasteiger partial charge in [-0.15, -0.1) is 0 Å². The maximum atomic E-state index is 11.8. The number of hydrogen-bond acceptors (Lipinski definition) is 8. The van der Waals surface area contributed by atoms with Crippen LogP contribution in [0.3, 0.4) is 0 Å². The molecule has 0 radical (unpaired) electrons. The van der Waals surface area contributed by atoms with Crippen LogP contribution < -0.4 is 20.9 Å². The first-order chi connectivity index (χ1) is 15.6. The molecule has 3 aromatic rings. The summed E-state index contributed by atoms with van der Waals surface area (Å²) in [4.78, 5) is 18.6. The average Bonchev–Trinajstić information content (AvgIpc) is 3.50. The second-order valence-corrected chi connectivity index (χ2v) is 7.99. The van der Waals surface area contributed by atoms with Crippen molar-refractivity contribution in [2.75, 3.05) is 47.2 Å². The van der Waals surface area contributed by atoms with Gasteiger partial charge in [0.05, 0.1) is 30.8 Å². The molecule has 164 valence electrons. The molecule has 0 unspecified atom stereocenters. The zero-order chi connectivity index (χ0) is 22.1. The second-order valence-electron chi connectivity index (χ2n) is 7.99. The Morgan fingerprint density at radius 3 is 2.78 bits per heavy atom. The highest BCUT2D eigenvalue weighted by molar-refractivity contribution is 5.94. The number of amides is 1. The topological polar surface area (TPSA) is 120 Å². The number of fused-ring (bicyclic) bond motifs is 1. The molecule has 32 heavy (non-hydrogen) atoms. The number of nitrogens with zero attached hydrogens (tertiary/aromatic N) is 5. The molecule has 1 aliphatic heterocycles. The van der Waals surface area contributed by atoms with E-state index >= 15 is 0 Å². The van der Waals surface area contributed by atoms with Gasteiger partial charge in [0, 0.05) is 37.8 Å². The van der Waals surface area contributed by atoms with Crippen molar-refractivity contribution in [1.82, 2.24) is 14.6 Å². The van der Waals surface area contributed by atoms with E-state index in [-0.39, 0.29) is 5.91 Å². The van der Waals surface area contributed by atoms with Crippen LogP contribution in [0.2, 0.25) is 0 Å². The molecule has 1 aromatic carbocycles. The van der Waals surface area contributed by atoms with Gasteiger partial charge in [-0.2, -0.15) is 14.9 Å². The van der Waals surface area contributed by atoms with Gasteiger partial charge in [-0.3, -0.25) is 4.79 Å². The predicted molar refractivity (Wildman–Crippen MR) is 121 cm³/mol. The molecule has 2 aliphatic rings. The number of ether oxygens (including phenoxy) is 1. The smallest absolute Gasteiger partial charge is 0.221 e. The number of rotatable bonds is 6. The van der Waals surface area contributed by atoms with E-state index < -0.39 is 0 Å². The highest BCUT2D eigenvalue weighted by atomic mass is 16.5. The van der Waals surface area contributed by atoms with Gasteiger partial charge in [0.2, 0.25) is 5.91 Å². The van der Waals surface area contributed by atoms with Gasteiger partial charge < -0.3 is 25.6 Å². The Morgan fingerprint density at radius 2 is 2.06 bits per heavy atom. The van der Waals surface area contributed by atoms with Crippen LogP contribution >= 0.6 is 0 Å². The number of nitrogens with one attached hydrogen (secondary N) is 3. The SMILES string of the molecule is CC(=O)Nc1cc(Nc2cc(NC3CC3)n3ncc(C#N)c3n2)ccc1N1CCOCC1. The maximum Gasteiger partial charge on any atom is 0.221 e. The Hall–Kier alpha value is -3.84. The van der Waals surface area contributed by atoms with Crippen molar-refractivity contribution in [3.8, 4) is 6.07 Å². The highest BCUT2D eigenvalue weighted by Gasteiger charge is 2.23. The lowest BCUT2D eigenvalue weighted by Crippen LogP contribution is -2.36. The van der Waals surface area contributed by atoms with Gasteiger partial charge in [0.1, 0.15) is 23.3 Å². The van der Waals surface area contributed by atoms with Gasteiger partial charge in [0.15, 0.2) is 5.65 Å². The molecule has 10 nitrogen and oxygen atoms in total. The summed E-state index contributed by atoms with van der Waals surface area (Å²) in [7, 11) is 0. The minimum atomic E-state index is -0.134. The van der Waals surface area contributed by atoms with Gasteiger partial charge in [-0.1, -0.05) is 0 Å². The van der Waals surface area contributed by atoms with E-state index in [0.717, 1.165) is 48.8 Å². The van der Waals surface area contributed by atoms with Gasteiger partial charge >= 0.3 is 0 Å². The van der Waals surface area contributed by atoms with Crippen molar-refractivity contribution in [1.29, 1.82) is 5.26 Å². The molecule has 0 bridgehead atoms. The van der Waals surface area contributed by atoms with Crippen LogP contribution in [-0.2, 0) is 9.53 Å². The van der Waals surface area contributed by atoms with Crippen molar-refractivity contribution in [2.24, 2.45) is 0 Å². The van der Waals surface area contributed by atoms with Gasteiger partial charge in [0.25, 0.3) is 0 Å². The van der Waals surface area contributed by atoms with Crippen LogP contribution in [0.1, 0.15) is 25.3 Å². The third kappa shape index (κ3) is 4.15. The lowest BCUT2D eigenvalue weighted by molar-refractivity contribution is -0.114. The van der Waals surface area contributed by atoms with Crippen LogP contribution in [-0.4, -0.2) is 52.9 Å². The third-order valence-corrected chi connectivity index (χ3v) is 5.45. The molecular formula is C22H24N8O2. The van der Waals surface area contributed by atoms with E-state index in [1.165, 1.54) is 13.1 Å². The minimum absolute atomic E-state index is 0.134. The molecule has 2 aromatic heterocycles. The first-order valence-corrected chi connectivity index (χ1v) is 10.7.